The van der Waals surface area contributed by atoms with Gasteiger partial charge in [0.15, 0.2) is 5.82 Å². The lowest BCUT2D eigenvalue weighted by Crippen LogP contribution is -2.33. The Bertz CT molecular complexity index is 1360. The van der Waals surface area contributed by atoms with Gasteiger partial charge in [0.2, 0.25) is 0 Å². The monoisotopic (exact) mass is 498 g/mol. The van der Waals surface area contributed by atoms with Crippen molar-refractivity contribution < 1.29 is 0 Å². The van der Waals surface area contributed by atoms with Crippen LogP contribution in [0, 0.1) is 0 Å². The molecule has 0 spiro atoms. The predicted molar refractivity (Wildman–Crippen MR) is 147 cm³/mol. The Kier molecular flexibility index (Phi) is 8.09. The van der Waals surface area contributed by atoms with Gasteiger partial charge in [-0.3, -0.25) is 9.69 Å². The normalized spacial score (nSPS) is 15.4. The average molecular weight is 499 g/mol. The van der Waals surface area contributed by atoms with Gasteiger partial charge in [0, 0.05) is 24.2 Å². The fourth-order valence-electron chi connectivity index (χ4n) is 5.71. The Morgan fingerprint density at radius 1 is 1.00 bits per heavy atom. The summed E-state index contributed by atoms with van der Waals surface area (Å²) in [5.74, 6) is 0.926. The third kappa shape index (κ3) is 5.82. The van der Waals surface area contributed by atoms with Gasteiger partial charge in [0.1, 0.15) is 0 Å². The molecule has 7 nitrogen and oxygen atoms in total. The lowest BCUT2D eigenvalue weighted by atomic mass is 9.95. The lowest BCUT2D eigenvalue weighted by molar-refractivity contribution is 0.150. The highest BCUT2D eigenvalue weighted by Gasteiger charge is 2.29. The fourth-order valence-corrected chi connectivity index (χ4v) is 5.71. The SMILES string of the molecule is CCC[C@H](c1nnnn1C1CCCCC1)N(Cc1ccccc1)Cc1cc2cc(CC)ccc2[nH]c1=O. The molecule has 1 atom stereocenters. The Morgan fingerprint density at radius 2 is 1.81 bits per heavy atom. The number of H-pyrrole nitrogens is 1. The molecule has 0 amide bonds. The molecule has 2 heterocycles. The van der Waals surface area contributed by atoms with Crippen LogP contribution in [0.25, 0.3) is 10.9 Å². The Balaban J connectivity index is 1.54. The Hall–Kier alpha value is -3.32. The summed E-state index contributed by atoms with van der Waals surface area (Å²) >= 11 is 0. The predicted octanol–water partition coefficient (Wildman–Crippen LogP) is 6.13. The minimum atomic E-state index is -0.0306. The topological polar surface area (TPSA) is 79.7 Å². The molecule has 0 unspecified atom stereocenters. The molecule has 1 N–H and O–H groups in total. The van der Waals surface area contributed by atoms with Crippen molar-refractivity contribution in [2.45, 2.75) is 90.4 Å². The summed E-state index contributed by atoms with van der Waals surface area (Å²) < 4.78 is 2.09. The van der Waals surface area contributed by atoms with Gasteiger partial charge in [-0.1, -0.05) is 75.9 Å². The van der Waals surface area contributed by atoms with E-state index in [1.54, 1.807) is 0 Å². The number of hydrogen-bond donors (Lipinski definition) is 1. The number of pyridine rings is 1. The van der Waals surface area contributed by atoms with Gasteiger partial charge in [-0.2, -0.15) is 0 Å². The van der Waals surface area contributed by atoms with Crippen molar-refractivity contribution in [3.05, 3.63) is 87.5 Å². The van der Waals surface area contributed by atoms with Crippen molar-refractivity contribution in [3.63, 3.8) is 0 Å². The highest BCUT2D eigenvalue weighted by molar-refractivity contribution is 5.79. The minimum absolute atomic E-state index is 0.0132. The molecule has 7 heteroatoms. The van der Waals surface area contributed by atoms with Crippen LogP contribution in [0.2, 0.25) is 0 Å². The molecule has 2 aromatic carbocycles. The van der Waals surface area contributed by atoms with Crippen molar-refractivity contribution in [1.82, 2.24) is 30.1 Å². The summed E-state index contributed by atoms with van der Waals surface area (Å²) in [7, 11) is 0. The zero-order valence-electron chi connectivity index (χ0n) is 22.1. The van der Waals surface area contributed by atoms with E-state index in [1.807, 2.05) is 12.1 Å². The van der Waals surface area contributed by atoms with Gasteiger partial charge in [-0.15, -0.1) is 5.10 Å². The van der Waals surface area contributed by atoms with Crippen LogP contribution in [0.1, 0.15) is 93.4 Å². The van der Waals surface area contributed by atoms with Crippen LogP contribution in [0.5, 0.6) is 0 Å². The van der Waals surface area contributed by atoms with Crippen molar-refractivity contribution in [2.75, 3.05) is 0 Å². The molecule has 0 bridgehead atoms. The lowest BCUT2D eigenvalue weighted by Gasteiger charge is -2.32. The summed E-state index contributed by atoms with van der Waals surface area (Å²) in [4.78, 5) is 18.7. The number of rotatable bonds is 10. The number of aromatic nitrogens is 5. The first-order valence-electron chi connectivity index (χ1n) is 13.9. The van der Waals surface area contributed by atoms with Crippen molar-refractivity contribution in [2.24, 2.45) is 0 Å². The van der Waals surface area contributed by atoms with Gasteiger partial charge >= 0.3 is 0 Å². The highest BCUT2D eigenvalue weighted by atomic mass is 16.1. The molecule has 1 saturated carbocycles. The summed E-state index contributed by atoms with van der Waals surface area (Å²) in [6, 6.07) is 19.2. The standard InChI is InChI=1S/C30H38N6O/c1-3-11-28(29-32-33-34-36(29)26-14-9-6-10-15-26)35(20-23-12-7-5-8-13-23)21-25-19-24-18-22(4-2)16-17-27(24)31-30(25)37/h5,7-8,12-13,16-19,26,28H,3-4,6,9-11,14-15,20-21H2,1-2H3,(H,31,37)/t28-/m1/s1. The van der Waals surface area contributed by atoms with Crippen LogP contribution in [0.15, 0.2) is 59.4 Å². The van der Waals surface area contributed by atoms with Gasteiger partial charge < -0.3 is 4.98 Å². The maximum atomic E-state index is 13.2. The van der Waals surface area contributed by atoms with Crippen LogP contribution >= 0.6 is 0 Å². The molecule has 5 rings (SSSR count). The molecular weight excluding hydrogens is 460 g/mol. The number of nitrogens with zero attached hydrogens (tertiary/aromatic N) is 5. The summed E-state index contributed by atoms with van der Waals surface area (Å²) in [5, 5.41) is 14.3. The Labute approximate surface area is 218 Å². The molecule has 2 aromatic heterocycles. The fraction of sp³-hybridized carbons (Fsp3) is 0.467. The number of hydrogen-bond acceptors (Lipinski definition) is 5. The second-order valence-electron chi connectivity index (χ2n) is 10.4. The van der Waals surface area contributed by atoms with E-state index in [0.717, 1.165) is 60.9 Å². The van der Waals surface area contributed by atoms with E-state index in [4.69, 9.17) is 0 Å². The van der Waals surface area contributed by atoms with E-state index >= 15 is 0 Å². The molecule has 4 aromatic rings. The van der Waals surface area contributed by atoms with E-state index in [9.17, 15) is 4.79 Å². The molecule has 37 heavy (non-hydrogen) atoms. The van der Waals surface area contributed by atoms with Crippen LogP contribution < -0.4 is 5.56 Å². The second kappa shape index (κ2) is 11.8. The van der Waals surface area contributed by atoms with Crippen LogP contribution in [-0.2, 0) is 19.5 Å². The third-order valence-electron chi connectivity index (χ3n) is 7.74. The van der Waals surface area contributed by atoms with Crippen LogP contribution in [0.3, 0.4) is 0 Å². The first-order chi connectivity index (χ1) is 18.2. The van der Waals surface area contributed by atoms with Gasteiger partial charge in [0.25, 0.3) is 5.56 Å². The van der Waals surface area contributed by atoms with E-state index in [1.165, 1.54) is 30.4 Å². The summed E-state index contributed by atoms with van der Waals surface area (Å²) in [6.07, 6.45) is 8.88. The quantitative estimate of drug-likeness (QED) is 0.285. The minimum Gasteiger partial charge on any atom is -0.322 e. The molecule has 1 aliphatic carbocycles. The maximum Gasteiger partial charge on any atom is 0.252 e. The van der Waals surface area contributed by atoms with Crippen LogP contribution in [0.4, 0.5) is 0 Å². The van der Waals surface area contributed by atoms with Crippen molar-refractivity contribution >= 4 is 10.9 Å². The molecule has 0 aliphatic heterocycles. The number of nitrogens with one attached hydrogen (secondary N) is 1. The van der Waals surface area contributed by atoms with Crippen molar-refractivity contribution in [3.8, 4) is 0 Å². The van der Waals surface area contributed by atoms with Gasteiger partial charge in [-0.25, -0.2) is 4.68 Å². The second-order valence-corrected chi connectivity index (χ2v) is 10.4. The van der Waals surface area contributed by atoms with E-state index in [2.05, 4.69) is 86.4 Å². The molecule has 194 valence electrons. The number of fused-ring (bicyclic) bond motifs is 1. The summed E-state index contributed by atoms with van der Waals surface area (Å²) in [6.45, 7) is 5.60. The Morgan fingerprint density at radius 3 is 2.57 bits per heavy atom. The van der Waals surface area contributed by atoms with Crippen LogP contribution in [-0.4, -0.2) is 30.1 Å². The zero-order chi connectivity index (χ0) is 25.6. The number of aryl methyl sites for hydroxylation is 1. The summed E-state index contributed by atoms with van der Waals surface area (Å²) in [5.41, 5.74) is 4.10. The zero-order valence-corrected chi connectivity index (χ0v) is 22.1. The molecule has 0 radical (unpaired) electrons. The largest absolute Gasteiger partial charge is 0.322 e. The third-order valence-corrected chi connectivity index (χ3v) is 7.74. The number of benzene rings is 2. The van der Waals surface area contributed by atoms with E-state index in [0.29, 0.717) is 12.6 Å². The van der Waals surface area contributed by atoms with Gasteiger partial charge in [-0.05, 0) is 70.8 Å². The number of tetrazole rings is 1. The van der Waals surface area contributed by atoms with Gasteiger partial charge in [0.05, 0.1) is 12.1 Å². The molecule has 1 aliphatic rings. The van der Waals surface area contributed by atoms with E-state index < -0.39 is 0 Å². The smallest absolute Gasteiger partial charge is 0.252 e. The highest BCUT2D eigenvalue weighted by Crippen LogP contribution is 2.33. The molecule has 0 saturated heterocycles. The molecular formula is C30H38N6O. The first kappa shape index (κ1) is 25.3. The average Bonchev–Trinajstić information content (AvgIpc) is 3.42. The van der Waals surface area contributed by atoms with Crippen molar-refractivity contribution in [1.29, 1.82) is 0 Å². The first-order valence-corrected chi connectivity index (χ1v) is 13.9. The van der Waals surface area contributed by atoms with E-state index in [-0.39, 0.29) is 11.6 Å². The molecule has 1 fully saturated rings. The maximum absolute atomic E-state index is 13.2. The number of aromatic amines is 1.